The second kappa shape index (κ2) is 4.44. The maximum atomic E-state index is 4.56. The fourth-order valence-electron chi connectivity index (χ4n) is 5.61. The summed E-state index contributed by atoms with van der Waals surface area (Å²) in [4.78, 5) is 4.56. The van der Waals surface area contributed by atoms with Crippen LogP contribution in [0.3, 0.4) is 0 Å². The van der Waals surface area contributed by atoms with E-state index in [1.54, 1.807) is 5.56 Å². The van der Waals surface area contributed by atoms with Gasteiger partial charge in [-0.05, 0) is 93.2 Å². The van der Waals surface area contributed by atoms with Gasteiger partial charge in [-0.2, -0.15) is 0 Å². The van der Waals surface area contributed by atoms with Crippen LogP contribution in [0.5, 0.6) is 0 Å². The third-order valence-electron chi connectivity index (χ3n) is 5.87. The summed E-state index contributed by atoms with van der Waals surface area (Å²) in [7, 11) is 0. The van der Waals surface area contributed by atoms with Crippen molar-refractivity contribution in [2.45, 2.75) is 57.8 Å². The Kier molecular flexibility index (Phi) is 2.80. The van der Waals surface area contributed by atoms with E-state index in [4.69, 9.17) is 0 Å². The first-order valence-corrected chi connectivity index (χ1v) is 8.25. The van der Waals surface area contributed by atoms with Gasteiger partial charge in [0, 0.05) is 5.71 Å². The Morgan fingerprint density at radius 2 is 1.40 bits per heavy atom. The largest absolute Gasteiger partial charge is 0.258 e. The first-order valence-electron chi connectivity index (χ1n) is 8.25. The van der Waals surface area contributed by atoms with Crippen LogP contribution in [0, 0.1) is 17.8 Å². The molecule has 4 aliphatic rings. The Morgan fingerprint density at radius 3 is 1.85 bits per heavy atom. The summed E-state index contributed by atoms with van der Waals surface area (Å²) >= 11 is 0. The Hall–Kier alpha value is -1.11. The molecule has 106 valence electrons. The zero-order valence-corrected chi connectivity index (χ0v) is 12.7. The van der Waals surface area contributed by atoms with Crippen molar-refractivity contribution in [3.8, 4) is 0 Å². The zero-order chi connectivity index (χ0) is 13.7. The van der Waals surface area contributed by atoms with Crippen LogP contribution in [0.1, 0.15) is 57.9 Å². The quantitative estimate of drug-likeness (QED) is 0.647. The second-order valence-corrected chi connectivity index (χ2v) is 7.80. The van der Waals surface area contributed by atoms with Crippen LogP contribution in [0.4, 0.5) is 5.69 Å². The highest BCUT2D eigenvalue weighted by molar-refractivity contribution is 5.82. The predicted molar refractivity (Wildman–Crippen MR) is 84.7 cm³/mol. The van der Waals surface area contributed by atoms with Gasteiger partial charge in [-0.15, -0.1) is 0 Å². The van der Waals surface area contributed by atoms with Crippen molar-refractivity contribution in [2.75, 3.05) is 0 Å². The standard InChI is InChI=1S/C19H25N/c1-13(2)20-18-5-3-17(4-6-18)19-10-14-7-15(11-19)9-16(8-14)12-19/h3-6,14-16H,7-12H2,1-2H3. The monoisotopic (exact) mass is 267 g/mol. The molecule has 4 fully saturated rings. The lowest BCUT2D eigenvalue weighted by Crippen LogP contribution is -2.48. The van der Waals surface area contributed by atoms with E-state index in [0.29, 0.717) is 5.41 Å². The van der Waals surface area contributed by atoms with Crippen molar-refractivity contribution in [3.63, 3.8) is 0 Å². The molecule has 0 amide bonds. The molecule has 4 aliphatic carbocycles. The molecular weight excluding hydrogens is 242 g/mol. The molecule has 4 saturated carbocycles. The fourth-order valence-corrected chi connectivity index (χ4v) is 5.61. The highest BCUT2D eigenvalue weighted by Gasteiger charge is 2.51. The molecule has 0 unspecified atom stereocenters. The third kappa shape index (κ3) is 2.03. The summed E-state index contributed by atoms with van der Waals surface area (Å²) in [5.74, 6) is 3.07. The second-order valence-electron chi connectivity index (χ2n) is 7.80. The van der Waals surface area contributed by atoms with E-state index in [-0.39, 0.29) is 0 Å². The summed E-state index contributed by atoms with van der Waals surface area (Å²) in [6.07, 6.45) is 8.93. The SMILES string of the molecule is CC(C)=Nc1ccc(C23CC4CC(CC(C4)C2)C3)cc1. The van der Waals surface area contributed by atoms with Gasteiger partial charge in [0.2, 0.25) is 0 Å². The fraction of sp³-hybridized carbons (Fsp3) is 0.632. The Morgan fingerprint density at radius 1 is 0.900 bits per heavy atom. The average Bonchev–Trinajstić information content (AvgIpc) is 2.37. The first-order chi connectivity index (χ1) is 9.63. The Labute approximate surface area is 122 Å². The number of hydrogen-bond donors (Lipinski definition) is 0. The molecule has 0 saturated heterocycles. The first kappa shape index (κ1) is 12.6. The van der Waals surface area contributed by atoms with Gasteiger partial charge in [0.1, 0.15) is 0 Å². The summed E-state index contributed by atoms with van der Waals surface area (Å²) in [5.41, 5.74) is 4.37. The van der Waals surface area contributed by atoms with Crippen molar-refractivity contribution in [1.82, 2.24) is 0 Å². The molecule has 20 heavy (non-hydrogen) atoms. The molecule has 1 aromatic carbocycles. The minimum absolute atomic E-state index is 0.526. The lowest BCUT2D eigenvalue weighted by molar-refractivity contribution is -0.00518. The van der Waals surface area contributed by atoms with Crippen LogP contribution in [0.25, 0.3) is 0 Å². The third-order valence-corrected chi connectivity index (χ3v) is 5.87. The van der Waals surface area contributed by atoms with E-state index >= 15 is 0 Å². The maximum Gasteiger partial charge on any atom is 0.0628 e. The molecule has 1 nitrogen and oxygen atoms in total. The van der Waals surface area contributed by atoms with Crippen LogP contribution in [-0.2, 0) is 5.41 Å². The number of benzene rings is 1. The van der Waals surface area contributed by atoms with Crippen LogP contribution in [0.2, 0.25) is 0 Å². The predicted octanol–water partition coefficient (Wildman–Crippen LogP) is 5.27. The van der Waals surface area contributed by atoms with Gasteiger partial charge in [-0.1, -0.05) is 12.1 Å². The van der Waals surface area contributed by atoms with Crippen molar-refractivity contribution in [2.24, 2.45) is 22.7 Å². The van der Waals surface area contributed by atoms with Gasteiger partial charge in [-0.25, -0.2) is 0 Å². The normalized spacial score (nSPS) is 38.0. The van der Waals surface area contributed by atoms with Crippen molar-refractivity contribution < 1.29 is 0 Å². The van der Waals surface area contributed by atoms with Gasteiger partial charge < -0.3 is 0 Å². The van der Waals surface area contributed by atoms with E-state index < -0.39 is 0 Å². The van der Waals surface area contributed by atoms with Crippen LogP contribution in [-0.4, -0.2) is 5.71 Å². The van der Waals surface area contributed by atoms with Gasteiger partial charge in [0.15, 0.2) is 0 Å². The van der Waals surface area contributed by atoms with Crippen molar-refractivity contribution in [1.29, 1.82) is 0 Å². The highest BCUT2D eigenvalue weighted by atomic mass is 14.7. The minimum atomic E-state index is 0.526. The molecule has 0 spiro atoms. The van der Waals surface area contributed by atoms with Gasteiger partial charge >= 0.3 is 0 Å². The summed E-state index contributed by atoms with van der Waals surface area (Å²) < 4.78 is 0. The van der Waals surface area contributed by atoms with Crippen molar-refractivity contribution >= 4 is 11.4 Å². The van der Waals surface area contributed by atoms with E-state index in [1.807, 2.05) is 0 Å². The van der Waals surface area contributed by atoms with E-state index in [9.17, 15) is 0 Å². The molecule has 0 heterocycles. The lowest BCUT2D eigenvalue weighted by Gasteiger charge is -2.57. The molecule has 0 atom stereocenters. The maximum absolute atomic E-state index is 4.56. The molecule has 0 N–H and O–H groups in total. The molecule has 0 aromatic heterocycles. The lowest BCUT2D eigenvalue weighted by atomic mass is 9.48. The number of rotatable bonds is 2. The van der Waals surface area contributed by atoms with Gasteiger partial charge in [0.25, 0.3) is 0 Å². The molecule has 0 aliphatic heterocycles. The molecular formula is C19H25N. The Balaban J connectivity index is 1.65. The smallest absolute Gasteiger partial charge is 0.0628 e. The van der Waals surface area contributed by atoms with Crippen LogP contribution in [0.15, 0.2) is 29.3 Å². The topological polar surface area (TPSA) is 12.4 Å². The molecule has 1 aromatic rings. The molecule has 4 bridgehead atoms. The van der Waals surface area contributed by atoms with Gasteiger partial charge in [-0.3, -0.25) is 4.99 Å². The molecule has 0 radical (unpaired) electrons. The van der Waals surface area contributed by atoms with E-state index in [0.717, 1.165) is 29.2 Å². The van der Waals surface area contributed by atoms with Gasteiger partial charge in [0.05, 0.1) is 5.69 Å². The number of hydrogen-bond acceptors (Lipinski definition) is 1. The molecule has 5 rings (SSSR count). The van der Waals surface area contributed by atoms with Crippen LogP contribution < -0.4 is 0 Å². The summed E-state index contributed by atoms with van der Waals surface area (Å²) in [6, 6.07) is 9.19. The Bertz CT molecular complexity index is 498. The van der Waals surface area contributed by atoms with E-state index in [2.05, 4.69) is 43.1 Å². The number of nitrogens with zero attached hydrogens (tertiary/aromatic N) is 1. The van der Waals surface area contributed by atoms with E-state index in [1.165, 1.54) is 38.5 Å². The summed E-state index contributed by atoms with van der Waals surface area (Å²) in [5, 5.41) is 0. The molecule has 1 heteroatoms. The number of aliphatic imine (C=N–C) groups is 1. The van der Waals surface area contributed by atoms with Crippen LogP contribution >= 0.6 is 0 Å². The zero-order valence-electron chi connectivity index (χ0n) is 12.7. The average molecular weight is 267 g/mol. The summed E-state index contributed by atoms with van der Waals surface area (Å²) in [6.45, 7) is 4.12. The van der Waals surface area contributed by atoms with Crippen molar-refractivity contribution in [3.05, 3.63) is 29.8 Å². The highest BCUT2D eigenvalue weighted by Crippen LogP contribution is 2.60. The minimum Gasteiger partial charge on any atom is -0.258 e.